The molecule has 1 aromatic carbocycles. The molecule has 0 bridgehead atoms. The normalized spacial score (nSPS) is 13.4. The quantitative estimate of drug-likeness (QED) is 0.569. The van der Waals surface area contributed by atoms with E-state index in [-0.39, 0.29) is 5.50 Å². The minimum atomic E-state index is -0.146. The van der Waals surface area contributed by atoms with Gasteiger partial charge in [-0.05, 0) is 24.7 Å². The van der Waals surface area contributed by atoms with E-state index in [0.717, 1.165) is 16.6 Å². The van der Waals surface area contributed by atoms with Gasteiger partial charge in [0.05, 0.1) is 17.4 Å². The number of nitrogens with zero attached hydrogens (tertiary/aromatic N) is 1. The number of hydrogen-bond donors (Lipinski definition) is 2. The van der Waals surface area contributed by atoms with E-state index in [1.54, 1.807) is 6.33 Å². The van der Waals surface area contributed by atoms with Crippen molar-refractivity contribution in [2.45, 2.75) is 5.50 Å². The third-order valence-electron chi connectivity index (χ3n) is 1.99. The van der Waals surface area contributed by atoms with Crippen LogP contribution in [0.25, 0.3) is 11.0 Å². The van der Waals surface area contributed by atoms with Gasteiger partial charge in [-0.25, -0.2) is 4.98 Å². The topological polar surface area (TPSA) is 40.7 Å². The molecule has 13 heavy (non-hydrogen) atoms. The number of nitrogens with one attached hydrogen (secondary N) is 2. The minimum absolute atomic E-state index is 0.146. The first-order valence-corrected chi connectivity index (χ1v) is 4.49. The van der Waals surface area contributed by atoms with Crippen molar-refractivity contribution in [3.8, 4) is 0 Å². The second kappa shape index (κ2) is 3.36. The number of hydrogen-bond acceptors (Lipinski definition) is 2. The van der Waals surface area contributed by atoms with Gasteiger partial charge in [0.1, 0.15) is 5.50 Å². The maximum Gasteiger partial charge on any atom is 0.108 e. The second-order valence-electron chi connectivity index (χ2n) is 2.83. The lowest BCUT2D eigenvalue weighted by Gasteiger charge is -2.07. The molecule has 4 heteroatoms. The Balaban J connectivity index is 2.48. The fourth-order valence-corrected chi connectivity index (χ4v) is 1.41. The molecule has 2 rings (SSSR count). The number of imidazole rings is 1. The Morgan fingerprint density at radius 2 is 2.38 bits per heavy atom. The van der Waals surface area contributed by atoms with Crippen molar-refractivity contribution >= 4 is 22.6 Å². The van der Waals surface area contributed by atoms with Gasteiger partial charge in [0.2, 0.25) is 0 Å². The highest BCUT2D eigenvalue weighted by Gasteiger charge is 2.05. The van der Waals surface area contributed by atoms with E-state index in [0.29, 0.717) is 0 Å². The van der Waals surface area contributed by atoms with Crippen molar-refractivity contribution in [3.63, 3.8) is 0 Å². The summed E-state index contributed by atoms with van der Waals surface area (Å²) >= 11 is 6.01. The van der Waals surface area contributed by atoms with Crippen LogP contribution in [0.4, 0.5) is 0 Å². The highest BCUT2D eigenvalue weighted by molar-refractivity contribution is 6.20. The van der Waals surface area contributed by atoms with Gasteiger partial charge in [-0.15, -0.1) is 11.6 Å². The molecule has 2 N–H and O–H groups in total. The zero-order chi connectivity index (χ0) is 9.26. The molecule has 0 aliphatic rings. The van der Waals surface area contributed by atoms with Gasteiger partial charge < -0.3 is 10.3 Å². The first kappa shape index (κ1) is 8.53. The molecule has 0 amide bonds. The number of benzene rings is 1. The Hall–Kier alpha value is -1.06. The average molecular weight is 196 g/mol. The Morgan fingerprint density at radius 1 is 1.54 bits per heavy atom. The van der Waals surface area contributed by atoms with Gasteiger partial charge in [0.15, 0.2) is 0 Å². The summed E-state index contributed by atoms with van der Waals surface area (Å²) in [6.45, 7) is 0. The highest BCUT2D eigenvalue weighted by Crippen LogP contribution is 2.20. The van der Waals surface area contributed by atoms with Crippen molar-refractivity contribution < 1.29 is 0 Å². The summed E-state index contributed by atoms with van der Waals surface area (Å²) in [5, 5.41) is 2.97. The summed E-state index contributed by atoms with van der Waals surface area (Å²) in [6.07, 6.45) is 1.68. The molecule has 3 nitrogen and oxygen atoms in total. The van der Waals surface area contributed by atoms with Gasteiger partial charge in [0.25, 0.3) is 0 Å². The first-order valence-electron chi connectivity index (χ1n) is 4.05. The number of rotatable bonds is 2. The van der Waals surface area contributed by atoms with Crippen LogP contribution in [0.5, 0.6) is 0 Å². The molecule has 0 fully saturated rings. The van der Waals surface area contributed by atoms with Gasteiger partial charge in [-0.1, -0.05) is 6.07 Å². The SMILES string of the molecule is CNC(Cl)c1ccc2nc[nH]c2c1. The van der Waals surface area contributed by atoms with E-state index in [2.05, 4.69) is 15.3 Å². The molecule has 0 aliphatic heterocycles. The smallest absolute Gasteiger partial charge is 0.108 e. The van der Waals surface area contributed by atoms with E-state index >= 15 is 0 Å². The molecule has 1 heterocycles. The van der Waals surface area contributed by atoms with Crippen LogP contribution in [0.3, 0.4) is 0 Å². The number of fused-ring (bicyclic) bond motifs is 1. The van der Waals surface area contributed by atoms with Gasteiger partial charge in [-0.2, -0.15) is 0 Å². The summed E-state index contributed by atoms with van der Waals surface area (Å²) < 4.78 is 0. The number of aromatic nitrogens is 2. The van der Waals surface area contributed by atoms with Crippen LogP contribution in [-0.2, 0) is 0 Å². The summed E-state index contributed by atoms with van der Waals surface area (Å²) in [4.78, 5) is 7.17. The molecule has 1 unspecified atom stereocenters. The summed E-state index contributed by atoms with van der Waals surface area (Å²) in [6, 6.07) is 5.92. The number of H-pyrrole nitrogens is 1. The Kier molecular flexibility index (Phi) is 2.20. The van der Waals surface area contributed by atoms with Crippen molar-refractivity contribution in [2.24, 2.45) is 0 Å². The van der Waals surface area contributed by atoms with E-state index < -0.39 is 0 Å². The fourth-order valence-electron chi connectivity index (χ4n) is 1.28. The molecule has 0 radical (unpaired) electrons. The van der Waals surface area contributed by atoms with Crippen LogP contribution in [0.15, 0.2) is 24.5 Å². The molecule has 0 spiro atoms. The zero-order valence-corrected chi connectivity index (χ0v) is 7.97. The summed E-state index contributed by atoms with van der Waals surface area (Å²) in [7, 11) is 1.83. The van der Waals surface area contributed by atoms with Crippen LogP contribution in [0, 0.1) is 0 Å². The molecule has 68 valence electrons. The lowest BCUT2D eigenvalue weighted by Crippen LogP contribution is -2.09. The zero-order valence-electron chi connectivity index (χ0n) is 7.21. The Bertz CT molecular complexity index is 410. The van der Waals surface area contributed by atoms with Gasteiger partial charge in [-0.3, -0.25) is 0 Å². The molecule has 1 atom stereocenters. The summed E-state index contributed by atoms with van der Waals surface area (Å²) in [5.41, 5.74) is 2.87. The number of halogens is 1. The second-order valence-corrected chi connectivity index (χ2v) is 3.27. The third kappa shape index (κ3) is 1.53. The Morgan fingerprint density at radius 3 is 3.15 bits per heavy atom. The van der Waals surface area contributed by atoms with Crippen LogP contribution >= 0.6 is 11.6 Å². The van der Waals surface area contributed by atoms with Crippen LogP contribution in [-0.4, -0.2) is 17.0 Å². The van der Waals surface area contributed by atoms with Gasteiger partial charge in [0, 0.05) is 0 Å². The molecule has 0 saturated heterocycles. The fraction of sp³-hybridized carbons (Fsp3) is 0.222. The molecule has 0 aliphatic carbocycles. The van der Waals surface area contributed by atoms with Crippen LogP contribution in [0.1, 0.15) is 11.1 Å². The van der Waals surface area contributed by atoms with Crippen LogP contribution in [0.2, 0.25) is 0 Å². The molecule has 0 saturated carbocycles. The van der Waals surface area contributed by atoms with E-state index in [1.807, 2.05) is 25.2 Å². The minimum Gasteiger partial charge on any atom is -0.345 e. The standard InChI is InChI=1S/C9H10ClN3/c1-11-9(10)6-2-3-7-8(4-6)13-5-12-7/h2-5,9,11H,1H3,(H,12,13). The highest BCUT2D eigenvalue weighted by atomic mass is 35.5. The molecular formula is C9H10ClN3. The van der Waals surface area contributed by atoms with E-state index in [1.165, 1.54) is 0 Å². The summed E-state index contributed by atoms with van der Waals surface area (Å²) in [5.74, 6) is 0. The molecule has 1 aromatic heterocycles. The maximum absolute atomic E-state index is 6.01. The average Bonchev–Trinajstić information content (AvgIpc) is 2.63. The number of aromatic amines is 1. The number of alkyl halides is 1. The predicted molar refractivity (Wildman–Crippen MR) is 53.7 cm³/mol. The van der Waals surface area contributed by atoms with Gasteiger partial charge >= 0.3 is 0 Å². The Labute approximate surface area is 81.1 Å². The van der Waals surface area contributed by atoms with Crippen molar-refractivity contribution in [3.05, 3.63) is 30.1 Å². The lowest BCUT2D eigenvalue weighted by molar-refractivity contribution is 0.784. The van der Waals surface area contributed by atoms with Crippen molar-refractivity contribution in [2.75, 3.05) is 7.05 Å². The van der Waals surface area contributed by atoms with Crippen molar-refractivity contribution in [1.82, 2.24) is 15.3 Å². The van der Waals surface area contributed by atoms with E-state index in [4.69, 9.17) is 11.6 Å². The monoisotopic (exact) mass is 195 g/mol. The largest absolute Gasteiger partial charge is 0.345 e. The molecule has 2 aromatic rings. The third-order valence-corrected chi connectivity index (χ3v) is 2.46. The van der Waals surface area contributed by atoms with Crippen molar-refractivity contribution in [1.29, 1.82) is 0 Å². The molecular weight excluding hydrogens is 186 g/mol. The lowest BCUT2D eigenvalue weighted by atomic mass is 10.2. The van der Waals surface area contributed by atoms with Crippen LogP contribution < -0.4 is 5.32 Å². The maximum atomic E-state index is 6.01. The predicted octanol–water partition coefficient (Wildman–Crippen LogP) is 2.02. The van der Waals surface area contributed by atoms with E-state index in [9.17, 15) is 0 Å². The first-order chi connectivity index (χ1) is 6.31.